The minimum atomic E-state index is -0.0898. The van der Waals surface area contributed by atoms with Gasteiger partial charge in [0, 0.05) is 31.3 Å². The molecule has 1 amide bonds. The van der Waals surface area contributed by atoms with Gasteiger partial charge in [0.25, 0.3) is 5.91 Å². The first kappa shape index (κ1) is 23.7. The van der Waals surface area contributed by atoms with Crippen molar-refractivity contribution in [1.29, 1.82) is 0 Å². The Morgan fingerprint density at radius 1 is 1.04 bits per heavy atom. The quantitative estimate of drug-likeness (QED) is 0.298. The van der Waals surface area contributed by atoms with Crippen LogP contribution in [0.25, 0.3) is 0 Å². The van der Waals surface area contributed by atoms with Crippen molar-refractivity contribution in [3.63, 3.8) is 0 Å². The Bertz CT molecular complexity index is 763. The van der Waals surface area contributed by atoms with Crippen LogP contribution in [-0.4, -0.2) is 32.1 Å². The van der Waals surface area contributed by atoms with Crippen LogP contribution in [0.3, 0.4) is 0 Å². The van der Waals surface area contributed by atoms with Gasteiger partial charge in [0.05, 0.1) is 13.2 Å². The summed E-state index contributed by atoms with van der Waals surface area (Å²) < 4.78 is 5.67. The van der Waals surface area contributed by atoms with Crippen molar-refractivity contribution in [2.45, 2.75) is 26.9 Å². The SMILES string of the molecule is CCNC(=NCc1ccc(C(=O)NC)cc1)NCc1ccccc1OCC.I. The number of guanidine groups is 1. The minimum absolute atomic E-state index is 0. The molecule has 0 saturated carbocycles. The molecule has 0 heterocycles. The number of halogens is 1. The molecule has 0 atom stereocenters. The van der Waals surface area contributed by atoms with E-state index in [0.717, 1.165) is 29.4 Å². The summed E-state index contributed by atoms with van der Waals surface area (Å²) in [6.07, 6.45) is 0. The van der Waals surface area contributed by atoms with Crippen molar-refractivity contribution in [3.05, 3.63) is 65.2 Å². The molecule has 7 heteroatoms. The van der Waals surface area contributed by atoms with E-state index in [-0.39, 0.29) is 29.9 Å². The van der Waals surface area contributed by atoms with Crippen LogP contribution < -0.4 is 20.7 Å². The summed E-state index contributed by atoms with van der Waals surface area (Å²) >= 11 is 0. The third kappa shape index (κ3) is 7.38. The lowest BCUT2D eigenvalue weighted by molar-refractivity contribution is 0.0963. The van der Waals surface area contributed by atoms with Gasteiger partial charge in [-0.05, 0) is 37.6 Å². The number of hydrogen-bond acceptors (Lipinski definition) is 3. The number of aliphatic imine (C=N–C) groups is 1. The number of amides is 1. The van der Waals surface area contributed by atoms with Gasteiger partial charge in [-0.2, -0.15) is 0 Å². The topological polar surface area (TPSA) is 74.8 Å². The zero-order chi connectivity index (χ0) is 19.5. The van der Waals surface area contributed by atoms with Gasteiger partial charge in [-0.3, -0.25) is 4.79 Å². The predicted molar refractivity (Wildman–Crippen MR) is 125 cm³/mol. The molecule has 0 bridgehead atoms. The van der Waals surface area contributed by atoms with Crippen molar-refractivity contribution in [2.75, 3.05) is 20.2 Å². The van der Waals surface area contributed by atoms with Crippen molar-refractivity contribution >= 4 is 35.8 Å². The minimum Gasteiger partial charge on any atom is -0.494 e. The molecule has 3 N–H and O–H groups in total. The van der Waals surface area contributed by atoms with Crippen LogP contribution in [0, 0.1) is 0 Å². The number of nitrogens with zero attached hydrogens (tertiary/aromatic N) is 1. The molecule has 2 aromatic rings. The van der Waals surface area contributed by atoms with Gasteiger partial charge in [0.2, 0.25) is 0 Å². The van der Waals surface area contributed by atoms with E-state index < -0.39 is 0 Å². The molecule has 6 nitrogen and oxygen atoms in total. The van der Waals surface area contributed by atoms with Gasteiger partial charge in [-0.1, -0.05) is 30.3 Å². The lowest BCUT2D eigenvalue weighted by Gasteiger charge is -2.14. The van der Waals surface area contributed by atoms with Crippen LogP contribution in [0.2, 0.25) is 0 Å². The van der Waals surface area contributed by atoms with Crippen LogP contribution in [0.4, 0.5) is 0 Å². The van der Waals surface area contributed by atoms with E-state index in [4.69, 9.17) is 4.74 Å². The molecule has 0 radical (unpaired) electrons. The average Bonchev–Trinajstić information content (AvgIpc) is 2.71. The van der Waals surface area contributed by atoms with E-state index in [2.05, 4.69) is 20.9 Å². The van der Waals surface area contributed by atoms with E-state index in [0.29, 0.717) is 25.3 Å². The highest BCUT2D eigenvalue weighted by Gasteiger charge is 2.05. The first-order valence-electron chi connectivity index (χ1n) is 9.21. The number of benzene rings is 2. The standard InChI is InChI=1S/C21H28N4O2.HI/c1-4-23-21(25-15-18-8-6-7-9-19(18)27-5-2)24-14-16-10-12-17(13-11-16)20(26)22-3;/h6-13H,4-5,14-15H2,1-3H3,(H,22,26)(H2,23,24,25);1H. The molecule has 0 aromatic heterocycles. The fourth-order valence-electron chi connectivity index (χ4n) is 2.54. The summed E-state index contributed by atoms with van der Waals surface area (Å²) in [6.45, 7) is 6.56. The molecule has 0 saturated heterocycles. The Labute approximate surface area is 184 Å². The highest BCUT2D eigenvalue weighted by Crippen LogP contribution is 2.17. The first-order chi connectivity index (χ1) is 13.2. The third-order valence-corrected chi connectivity index (χ3v) is 3.93. The van der Waals surface area contributed by atoms with Crippen molar-refractivity contribution < 1.29 is 9.53 Å². The molecule has 0 unspecified atom stereocenters. The number of carbonyl (C=O) groups excluding carboxylic acids is 1. The molecular weight excluding hydrogens is 467 g/mol. The number of hydrogen-bond donors (Lipinski definition) is 3. The third-order valence-electron chi connectivity index (χ3n) is 3.93. The largest absolute Gasteiger partial charge is 0.494 e. The van der Waals surface area contributed by atoms with Crippen molar-refractivity contribution in [1.82, 2.24) is 16.0 Å². The van der Waals surface area contributed by atoms with Crippen LogP contribution in [0.15, 0.2) is 53.5 Å². The van der Waals surface area contributed by atoms with Gasteiger partial charge in [0.1, 0.15) is 5.75 Å². The van der Waals surface area contributed by atoms with Crippen LogP contribution in [0.1, 0.15) is 35.3 Å². The molecule has 28 heavy (non-hydrogen) atoms. The maximum absolute atomic E-state index is 11.6. The van der Waals surface area contributed by atoms with Gasteiger partial charge < -0.3 is 20.7 Å². The molecule has 152 valence electrons. The fourth-order valence-corrected chi connectivity index (χ4v) is 2.54. The lowest BCUT2D eigenvalue weighted by Crippen LogP contribution is -2.36. The monoisotopic (exact) mass is 496 g/mol. The fraction of sp³-hybridized carbons (Fsp3) is 0.333. The molecule has 0 spiro atoms. The summed E-state index contributed by atoms with van der Waals surface area (Å²) in [7, 11) is 1.62. The maximum Gasteiger partial charge on any atom is 0.251 e. The number of carbonyl (C=O) groups is 1. The predicted octanol–water partition coefficient (Wildman–Crippen LogP) is 3.32. The number of rotatable bonds is 8. The van der Waals surface area contributed by atoms with Crippen molar-refractivity contribution in [2.24, 2.45) is 4.99 Å². The second-order valence-electron chi connectivity index (χ2n) is 5.87. The zero-order valence-electron chi connectivity index (χ0n) is 16.6. The number of nitrogens with one attached hydrogen (secondary N) is 3. The van der Waals surface area contributed by atoms with Gasteiger partial charge >= 0.3 is 0 Å². The highest BCUT2D eigenvalue weighted by molar-refractivity contribution is 14.0. The van der Waals surface area contributed by atoms with E-state index in [1.807, 2.05) is 62.4 Å². The van der Waals surface area contributed by atoms with Gasteiger partial charge in [-0.15, -0.1) is 24.0 Å². The van der Waals surface area contributed by atoms with E-state index in [1.54, 1.807) is 7.05 Å². The molecule has 0 aliphatic heterocycles. The molecule has 2 aromatic carbocycles. The first-order valence-corrected chi connectivity index (χ1v) is 9.21. The van der Waals surface area contributed by atoms with Crippen LogP contribution >= 0.6 is 24.0 Å². The molecule has 0 fully saturated rings. The van der Waals surface area contributed by atoms with E-state index in [1.165, 1.54) is 0 Å². The van der Waals surface area contributed by atoms with E-state index in [9.17, 15) is 4.79 Å². The Balaban J connectivity index is 0.00000392. The summed E-state index contributed by atoms with van der Waals surface area (Å²) in [5.41, 5.74) is 2.76. The summed E-state index contributed by atoms with van der Waals surface area (Å²) in [5.74, 6) is 1.53. The molecule has 0 aliphatic carbocycles. The Morgan fingerprint density at radius 3 is 2.39 bits per heavy atom. The maximum atomic E-state index is 11.6. The Hall–Kier alpha value is -2.29. The second kappa shape index (κ2) is 13.0. The molecule has 0 aliphatic rings. The normalized spacial score (nSPS) is 10.6. The summed E-state index contributed by atoms with van der Waals surface area (Å²) in [4.78, 5) is 16.2. The number of para-hydroxylation sites is 1. The summed E-state index contributed by atoms with van der Waals surface area (Å²) in [6, 6.07) is 15.4. The van der Waals surface area contributed by atoms with Crippen molar-refractivity contribution in [3.8, 4) is 5.75 Å². The molecule has 2 rings (SSSR count). The smallest absolute Gasteiger partial charge is 0.251 e. The van der Waals surface area contributed by atoms with E-state index >= 15 is 0 Å². The molecular formula is C21H29IN4O2. The van der Waals surface area contributed by atoms with Gasteiger partial charge in [-0.25, -0.2) is 4.99 Å². The van der Waals surface area contributed by atoms with Crippen LogP contribution in [-0.2, 0) is 13.1 Å². The second-order valence-corrected chi connectivity index (χ2v) is 5.87. The zero-order valence-corrected chi connectivity index (χ0v) is 18.9. The Morgan fingerprint density at radius 2 is 1.75 bits per heavy atom. The number of ether oxygens (including phenoxy) is 1. The lowest BCUT2D eigenvalue weighted by atomic mass is 10.1. The Kier molecular flexibility index (Phi) is 11.0. The highest BCUT2D eigenvalue weighted by atomic mass is 127. The average molecular weight is 496 g/mol. The summed E-state index contributed by atoms with van der Waals surface area (Å²) in [5, 5.41) is 9.20. The van der Waals surface area contributed by atoms with Gasteiger partial charge in [0.15, 0.2) is 5.96 Å². The van der Waals surface area contributed by atoms with Crippen LogP contribution in [0.5, 0.6) is 5.75 Å².